The van der Waals surface area contributed by atoms with E-state index >= 15 is 0 Å². The maximum atomic E-state index is 12.4. The Hall–Kier alpha value is -1.86. The van der Waals surface area contributed by atoms with Crippen molar-refractivity contribution in [1.29, 1.82) is 0 Å². The molecule has 1 amide bonds. The summed E-state index contributed by atoms with van der Waals surface area (Å²) in [6.45, 7) is 5.49. The Morgan fingerprint density at radius 1 is 1.25 bits per heavy atom. The third kappa shape index (κ3) is 4.82. The van der Waals surface area contributed by atoms with E-state index in [0.29, 0.717) is 12.8 Å². The standard InChI is InChI=1S/C17H25N3O3S/c1-4-9-24(22,23)20-16(17(21)19-12(2)3)10-13-11-18-15-8-6-5-7-14(13)15/h5-8,11-12,16,18,20H,4,9-10H2,1-3H3,(H,19,21)/t16-/m1/s1. The van der Waals surface area contributed by atoms with Crippen molar-refractivity contribution < 1.29 is 13.2 Å². The van der Waals surface area contributed by atoms with Gasteiger partial charge in [0.15, 0.2) is 0 Å². The zero-order valence-corrected chi connectivity index (χ0v) is 15.1. The van der Waals surface area contributed by atoms with Crippen LogP contribution in [0, 0.1) is 0 Å². The van der Waals surface area contributed by atoms with Gasteiger partial charge in [-0.05, 0) is 38.3 Å². The first-order valence-corrected chi connectivity index (χ1v) is 9.83. The molecule has 1 heterocycles. The van der Waals surface area contributed by atoms with Gasteiger partial charge in [-0.25, -0.2) is 13.1 Å². The average molecular weight is 351 g/mol. The number of sulfonamides is 1. The quantitative estimate of drug-likeness (QED) is 0.679. The second-order valence-electron chi connectivity index (χ2n) is 6.22. The fourth-order valence-electron chi connectivity index (χ4n) is 2.64. The van der Waals surface area contributed by atoms with Crippen molar-refractivity contribution in [3.8, 4) is 0 Å². The van der Waals surface area contributed by atoms with Gasteiger partial charge in [0.1, 0.15) is 6.04 Å². The first kappa shape index (κ1) is 18.5. The lowest BCUT2D eigenvalue weighted by atomic mass is 10.0. The summed E-state index contributed by atoms with van der Waals surface area (Å²) in [6, 6.07) is 6.86. The number of amides is 1. The van der Waals surface area contributed by atoms with Gasteiger partial charge in [0, 0.05) is 23.1 Å². The molecule has 0 aliphatic rings. The fourth-order valence-corrected chi connectivity index (χ4v) is 3.92. The summed E-state index contributed by atoms with van der Waals surface area (Å²) >= 11 is 0. The molecule has 1 aromatic carbocycles. The van der Waals surface area contributed by atoms with Gasteiger partial charge < -0.3 is 10.3 Å². The van der Waals surface area contributed by atoms with E-state index in [9.17, 15) is 13.2 Å². The Balaban J connectivity index is 2.26. The van der Waals surface area contributed by atoms with Crippen molar-refractivity contribution in [2.75, 3.05) is 5.75 Å². The second-order valence-corrected chi connectivity index (χ2v) is 8.09. The van der Waals surface area contributed by atoms with E-state index in [4.69, 9.17) is 0 Å². The van der Waals surface area contributed by atoms with Gasteiger partial charge in [0.25, 0.3) is 0 Å². The Kier molecular flexibility index (Phi) is 6.01. The van der Waals surface area contributed by atoms with E-state index < -0.39 is 16.1 Å². The molecule has 3 N–H and O–H groups in total. The van der Waals surface area contributed by atoms with E-state index in [0.717, 1.165) is 16.5 Å². The lowest BCUT2D eigenvalue weighted by Crippen LogP contribution is -2.50. The number of fused-ring (bicyclic) bond motifs is 1. The highest BCUT2D eigenvalue weighted by Crippen LogP contribution is 2.19. The van der Waals surface area contributed by atoms with E-state index in [-0.39, 0.29) is 17.7 Å². The van der Waals surface area contributed by atoms with Crippen LogP contribution in [0.3, 0.4) is 0 Å². The van der Waals surface area contributed by atoms with Gasteiger partial charge in [-0.2, -0.15) is 0 Å². The molecule has 0 aliphatic heterocycles. The molecule has 0 fully saturated rings. The molecule has 2 aromatic rings. The third-order valence-corrected chi connectivity index (χ3v) is 5.23. The van der Waals surface area contributed by atoms with E-state index in [1.54, 1.807) is 6.92 Å². The first-order valence-electron chi connectivity index (χ1n) is 8.17. The van der Waals surface area contributed by atoms with Gasteiger partial charge in [0.2, 0.25) is 15.9 Å². The zero-order valence-electron chi connectivity index (χ0n) is 14.3. The predicted octanol–water partition coefficient (Wildman–Crippen LogP) is 1.93. The minimum atomic E-state index is -3.49. The van der Waals surface area contributed by atoms with Crippen molar-refractivity contribution in [3.63, 3.8) is 0 Å². The van der Waals surface area contributed by atoms with Crippen molar-refractivity contribution in [3.05, 3.63) is 36.0 Å². The van der Waals surface area contributed by atoms with Gasteiger partial charge in [-0.1, -0.05) is 25.1 Å². The van der Waals surface area contributed by atoms with Gasteiger partial charge in [0.05, 0.1) is 5.75 Å². The zero-order chi connectivity index (χ0) is 17.7. The highest BCUT2D eigenvalue weighted by molar-refractivity contribution is 7.89. The maximum Gasteiger partial charge on any atom is 0.238 e. The molecule has 1 aromatic heterocycles. The van der Waals surface area contributed by atoms with Crippen molar-refractivity contribution >= 4 is 26.8 Å². The molecular weight excluding hydrogens is 326 g/mol. The number of carbonyl (C=O) groups is 1. The maximum absolute atomic E-state index is 12.4. The molecule has 132 valence electrons. The number of rotatable bonds is 8. The fraction of sp³-hybridized carbons (Fsp3) is 0.471. The summed E-state index contributed by atoms with van der Waals surface area (Å²) in [5.41, 5.74) is 1.88. The van der Waals surface area contributed by atoms with Crippen LogP contribution in [0.4, 0.5) is 0 Å². The van der Waals surface area contributed by atoms with Crippen LogP contribution < -0.4 is 10.0 Å². The second kappa shape index (κ2) is 7.81. The molecule has 0 bridgehead atoms. The van der Waals surface area contributed by atoms with Crippen LogP contribution in [-0.4, -0.2) is 37.1 Å². The topological polar surface area (TPSA) is 91.1 Å². The molecule has 1 atom stereocenters. The van der Waals surface area contributed by atoms with Crippen molar-refractivity contribution in [2.24, 2.45) is 0 Å². The number of carbonyl (C=O) groups excluding carboxylic acids is 1. The van der Waals surface area contributed by atoms with E-state index in [2.05, 4.69) is 15.0 Å². The molecule has 7 heteroatoms. The first-order chi connectivity index (χ1) is 11.3. The van der Waals surface area contributed by atoms with Crippen LogP contribution in [0.25, 0.3) is 10.9 Å². The minimum Gasteiger partial charge on any atom is -0.361 e. The number of aromatic amines is 1. The van der Waals surface area contributed by atoms with E-state index in [1.807, 2.05) is 44.3 Å². The molecule has 2 rings (SSSR count). The van der Waals surface area contributed by atoms with E-state index in [1.165, 1.54) is 0 Å². The van der Waals surface area contributed by atoms with Crippen LogP contribution in [0.2, 0.25) is 0 Å². The molecular formula is C17H25N3O3S. The molecule has 0 spiro atoms. The number of hydrogen-bond acceptors (Lipinski definition) is 3. The molecule has 0 aliphatic carbocycles. The largest absolute Gasteiger partial charge is 0.361 e. The Bertz CT molecular complexity index is 796. The SMILES string of the molecule is CCCS(=O)(=O)N[C@H](Cc1c[nH]c2ccccc12)C(=O)NC(C)C. The number of H-pyrrole nitrogens is 1. The van der Waals surface area contributed by atoms with Gasteiger partial charge in [-0.3, -0.25) is 4.79 Å². The van der Waals surface area contributed by atoms with Crippen molar-refractivity contribution in [1.82, 2.24) is 15.0 Å². The predicted molar refractivity (Wildman–Crippen MR) is 96.3 cm³/mol. The molecule has 0 radical (unpaired) electrons. The summed E-state index contributed by atoms with van der Waals surface area (Å²) in [7, 11) is -3.49. The molecule has 24 heavy (non-hydrogen) atoms. The summed E-state index contributed by atoms with van der Waals surface area (Å²) < 4.78 is 26.8. The number of benzene rings is 1. The van der Waals surface area contributed by atoms with Crippen LogP contribution in [0.1, 0.15) is 32.8 Å². The minimum absolute atomic E-state index is 0.00629. The normalized spacial score (nSPS) is 13.3. The van der Waals surface area contributed by atoms with Gasteiger partial charge >= 0.3 is 0 Å². The number of hydrogen-bond donors (Lipinski definition) is 3. The monoisotopic (exact) mass is 351 g/mol. The average Bonchev–Trinajstić information content (AvgIpc) is 2.89. The smallest absolute Gasteiger partial charge is 0.238 e. The molecule has 0 saturated carbocycles. The highest BCUT2D eigenvalue weighted by Gasteiger charge is 2.25. The number of para-hydroxylation sites is 1. The highest BCUT2D eigenvalue weighted by atomic mass is 32.2. The lowest BCUT2D eigenvalue weighted by molar-refractivity contribution is -0.123. The summed E-state index contributed by atoms with van der Waals surface area (Å²) in [5.74, 6) is -0.304. The number of aromatic nitrogens is 1. The van der Waals surface area contributed by atoms with Crippen LogP contribution in [0.5, 0.6) is 0 Å². The van der Waals surface area contributed by atoms with Gasteiger partial charge in [-0.15, -0.1) is 0 Å². The Morgan fingerprint density at radius 3 is 2.62 bits per heavy atom. The van der Waals surface area contributed by atoms with Crippen LogP contribution >= 0.6 is 0 Å². The number of nitrogens with one attached hydrogen (secondary N) is 3. The summed E-state index contributed by atoms with van der Waals surface area (Å²) in [6.07, 6.45) is 2.63. The van der Waals surface area contributed by atoms with Crippen molar-refractivity contribution in [2.45, 2.75) is 45.7 Å². The molecule has 6 nitrogen and oxygen atoms in total. The summed E-state index contributed by atoms with van der Waals surface area (Å²) in [4.78, 5) is 15.6. The Morgan fingerprint density at radius 2 is 1.96 bits per heavy atom. The van der Waals surface area contributed by atoms with Crippen LogP contribution in [0.15, 0.2) is 30.5 Å². The Labute approximate surface area is 143 Å². The summed E-state index contributed by atoms with van der Waals surface area (Å²) in [5, 5.41) is 3.79. The molecule has 0 saturated heterocycles. The van der Waals surface area contributed by atoms with Crippen LogP contribution in [-0.2, 0) is 21.2 Å². The molecule has 0 unspecified atom stereocenters. The lowest BCUT2D eigenvalue weighted by Gasteiger charge is -2.19. The third-order valence-electron chi connectivity index (χ3n) is 3.64.